The van der Waals surface area contributed by atoms with Gasteiger partial charge in [0.1, 0.15) is 0 Å². The number of hydrogen-bond acceptors (Lipinski definition) is 3. The number of hydrogen-bond donors (Lipinski definition) is 2. The van der Waals surface area contributed by atoms with E-state index in [0.717, 1.165) is 22.9 Å². The summed E-state index contributed by atoms with van der Waals surface area (Å²) < 4.78 is 0. The smallest absolute Gasteiger partial charge is 0.234 e. The van der Waals surface area contributed by atoms with E-state index < -0.39 is 0 Å². The number of benzene rings is 3. The molecule has 138 valence electrons. The number of rotatable bonds is 8. The molecule has 0 heterocycles. The third-order valence-electron chi connectivity index (χ3n) is 4.08. The van der Waals surface area contributed by atoms with E-state index in [1.165, 1.54) is 17.3 Å². The van der Waals surface area contributed by atoms with E-state index in [9.17, 15) is 9.59 Å². The molecule has 4 nitrogen and oxygen atoms in total. The monoisotopic (exact) mass is 378 g/mol. The van der Waals surface area contributed by atoms with Gasteiger partial charge in [0.25, 0.3) is 0 Å². The quantitative estimate of drug-likeness (QED) is 0.626. The maximum atomic E-state index is 12.1. The maximum absolute atomic E-state index is 12.1. The minimum Gasteiger partial charge on any atom is -0.355 e. The molecule has 0 radical (unpaired) electrons. The summed E-state index contributed by atoms with van der Waals surface area (Å²) in [6.45, 7) is 0.604. The zero-order valence-electron chi connectivity index (χ0n) is 15.0. The van der Waals surface area contributed by atoms with Crippen LogP contribution in [0.5, 0.6) is 0 Å². The van der Waals surface area contributed by atoms with E-state index in [1.807, 2.05) is 72.8 Å². The zero-order chi connectivity index (χ0) is 18.9. The summed E-state index contributed by atoms with van der Waals surface area (Å²) in [6, 6.07) is 23.9. The second-order valence-electron chi connectivity index (χ2n) is 6.19. The van der Waals surface area contributed by atoms with Gasteiger partial charge >= 0.3 is 0 Å². The molecule has 0 atom stereocenters. The van der Waals surface area contributed by atoms with Crippen LogP contribution in [-0.4, -0.2) is 29.9 Å². The van der Waals surface area contributed by atoms with Crippen molar-refractivity contribution in [3.63, 3.8) is 0 Å². The third-order valence-corrected chi connectivity index (χ3v) is 5.01. The second-order valence-corrected chi connectivity index (χ2v) is 7.17. The van der Waals surface area contributed by atoms with Crippen molar-refractivity contribution in [2.24, 2.45) is 0 Å². The van der Waals surface area contributed by atoms with Crippen molar-refractivity contribution >= 4 is 40.0 Å². The van der Waals surface area contributed by atoms with E-state index in [0.29, 0.717) is 6.54 Å². The fraction of sp³-hybridized carbons (Fsp3) is 0.182. The number of carbonyl (C=O) groups excluding carboxylic acids is 2. The molecule has 0 saturated carbocycles. The Kier molecular flexibility index (Phi) is 6.88. The van der Waals surface area contributed by atoms with Crippen LogP contribution in [0.15, 0.2) is 72.8 Å². The van der Waals surface area contributed by atoms with Gasteiger partial charge in [-0.05, 0) is 34.9 Å². The molecule has 0 unspecified atom stereocenters. The zero-order valence-corrected chi connectivity index (χ0v) is 15.8. The normalized spacial score (nSPS) is 10.5. The lowest BCUT2D eigenvalue weighted by molar-refractivity contribution is -0.118. The van der Waals surface area contributed by atoms with Gasteiger partial charge < -0.3 is 10.6 Å². The van der Waals surface area contributed by atoms with Crippen LogP contribution in [0.1, 0.15) is 5.56 Å². The molecule has 2 amide bonds. The van der Waals surface area contributed by atoms with Crippen molar-refractivity contribution in [3.05, 3.63) is 78.4 Å². The highest BCUT2D eigenvalue weighted by Crippen LogP contribution is 2.19. The fourth-order valence-electron chi connectivity index (χ4n) is 2.74. The van der Waals surface area contributed by atoms with Gasteiger partial charge in [0.15, 0.2) is 0 Å². The Morgan fingerprint density at radius 2 is 1.48 bits per heavy atom. The molecule has 0 saturated heterocycles. The average Bonchev–Trinajstić information content (AvgIpc) is 2.69. The number of amides is 2. The van der Waals surface area contributed by atoms with E-state index in [-0.39, 0.29) is 23.3 Å². The first-order valence-electron chi connectivity index (χ1n) is 8.88. The lowest BCUT2D eigenvalue weighted by Gasteiger charge is -2.07. The first kappa shape index (κ1) is 19.0. The predicted molar refractivity (Wildman–Crippen MR) is 113 cm³/mol. The highest BCUT2D eigenvalue weighted by atomic mass is 32.2. The maximum Gasteiger partial charge on any atom is 0.234 e. The lowest BCUT2D eigenvalue weighted by atomic mass is 10.1. The molecular weight excluding hydrogens is 356 g/mol. The largest absolute Gasteiger partial charge is 0.355 e. The third kappa shape index (κ3) is 6.15. The van der Waals surface area contributed by atoms with E-state index in [2.05, 4.69) is 10.6 Å². The molecule has 0 aliphatic rings. The number of nitrogens with one attached hydrogen (secondary N) is 2. The highest BCUT2D eigenvalue weighted by Gasteiger charge is 2.06. The predicted octanol–water partition coefficient (Wildman–Crippen LogP) is 3.87. The van der Waals surface area contributed by atoms with Crippen LogP contribution in [0, 0.1) is 0 Å². The first-order valence-corrected chi connectivity index (χ1v) is 10.0. The molecular formula is C22H22N2O2S. The summed E-state index contributed by atoms with van der Waals surface area (Å²) in [4.78, 5) is 23.9. The van der Waals surface area contributed by atoms with Crippen LogP contribution in [0.4, 0.5) is 5.69 Å². The van der Waals surface area contributed by atoms with Crippen LogP contribution in [-0.2, 0) is 16.0 Å². The van der Waals surface area contributed by atoms with Gasteiger partial charge in [0.05, 0.1) is 11.5 Å². The topological polar surface area (TPSA) is 58.2 Å². The Morgan fingerprint density at radius 1 is 0.778 bits per heavy atom. The van der Waals surface area contributed by atoms with Gasteiger partial charge in [-0.2, -0.15) is 0 Å². The van der Waals surface area contributed by atoms with Crippen molar-refractivity contribution in [2.75, 3.05) is 23.4 Å². The molecule has 2 N–H and O–H groups in total. The number of carbonyl (C=O) groups is 2. The highest BCUT2D eigenvalue weighted by molar-refractivity contribution is 8.00. The van der Waals surface area contributed by atoms with E-state index >= 15 is 0 Å². The van der Waals surface area contributed by atoms with Crippen LogP contribution >= 0.6 is 11.8 Å². The Hall–Kier alpha value is -2.79. The Bertz CT molecular complexity index is 912. The molecule has 0 fully saturated rings. The van der Waals surface area contributed by atoms with Gasteiger partial charge in [-0.25, -0.2) is 0 Å². The molecule has 27 heavy (non-hydrogen) atoms. The van der Waals surface area contributed by atoms with Gasteiger partial charge in [0.2, 0.25) is 11.8 Å². The molecule has 0 bridgehead atoms. The molecule has 5 heteroatoms. The summed E-state index contributed by atoms with van der Waals surface area (Å²) in [5.41, 5.74) is 1.96. The summed E-state index contributed by atoms with van der Waals surface area (Å²) >= 11 is 1.31. The van der Waals surface area contributed by atoms with Crippen molar-refractivity contribution in [1.82, 2.24) is 5.32 Å². The molecule has 3 aromatic rings. The summed E-state index contributed by atoms with van der Waals surface area (Å²) in [5.74, 6) is 0.376. The molecule has 0 aliphatic heterocycles. The number of thioether (sulfide) groups is 1. The van der Waals surface area contributed by atoms with E-state index in [4.69, 9.17) is 0 Å². The van der Waals surface area contributed by atoms with Crippen LogP contribution in [0.2, 0.25) is 0 Å². The standard InChI is InChI=1S/C22H22N2O2S/c25-21(23-13-12-17-6-2-1-3-7-17)15-27-16-22(26)24-20-11-10-18-8-4-5-9-19(18)14-20/h1-11,14H,12-13,15-16H2,(H,23,25)(H,24,26). The van der Waals surface area contributed by atoms with E-state index in [1.54, 1.807) is 0 Å². The Balaban J connectivity index is 1.35. The lowest BCUT2D eigenvalue weighted by Crippen LogP contribution is -2.28. The van der Waals surface area contributed by atoms with Gasteiger partial charge in [-0.1, -0.05) is 60.7 Å². The molecule has 3 rings (SSSR count). The van der Waals surface area contributed by atoms with Crippen LogP contribution < -0.4 is 10.6 Å². The summed E-state index contributed by atoms with van der Waals surface area (Å²) in [6.07, 6.45) is 0.805. The summed E-state index contributed by atoms with van der Waals surface area (Å²) in [5, 5.41) is 7.98. The van der Waals surface area contributed by atoms with Gasteiger partial charge in [-0.3, -0.25) is 9.59 Å². The average molecular weight is 378 g/mol. The van der Waals surface area contributed by atoms with Crippen LogP contribution in [0.3, 0.4) is 0 Å². The van der Waals surface area contributed by atoms with Gasteiger partial charge in [-0.15, -0.1) is 11.8 Å². The molecule has 3 aromatic carbocycles. The molecule has 0 aromatic heterocycles. The van der Waals surface area contributed by atoms with Crippen LogP contribution in [0.25, 0.3) is 10.8 Å². The molecule has 0 aliphatic carbocycles. The minimum absolute atomic E-state index is 0.0468. The molecule has 0 spiro atoms. The Labute approximate surface area is 163 Å². The fourth-order valence-corrected chi connectivity index (χ4v) is 3.39. The number of fused-ring (bicyclic) bond motifs is 1. The number of anilines is 1. The first-order chi connectivity index (χ1) is 13.2. The minimum atomic E-state index is -0.104. The van der Waals surface area contributed by atoms with Gasteiger partial charge in [0, 0.05) is 12.2 Å². The SMILES string of the molecule is O=C(CSCC(=O)Nc1ccc2ccccc2c1)NCCc1ccccc1. The summed E-state index contributed by atoms with van der Waals surface area (Å²) in [7, 11) is 0. The van der Waals surface area contributed by atoms with Crippen molar-refractivity contribution in [1.29, 1.82) is 0 Å². The van der Waals surface area contributed by atoms with Crippen molar-refractivity contribution in [3.8, 4) is 0 Å². The Morgan fingerprint density at radius 3 is 2.30 bits per heavy atom. The van der Waals surface area contributed by atoms with Crippen molar-refractivity contribution < 1.29 is 9.59 Å². The van der Waals surface area contributed by atoms with Crippen molar-refractivity contribution in [2.45, 2.75) is 6.42 Å². The second kappa shape index (κ2) is 9.78.